The molecular weight excluding hydrogens is 205 g/mol. The molecule has 7 heteroatoms. The molecule has 0 aromatic carbocycles. The zero-order chi connectivity index (χ0) is 10.6. The van der Waals surface area contributed by atoms with E-state index in [1.165, 1.54) is 0 Å². The van der Waals surface area contributed by atoms with Crippen LogP contribution in [-0.4, -0.2) is 53.4 Å². The van der Waals surface area contributed by atoms with Crippen LogP contribution in [0.25, 0.3) is 0 Å². The summed E-state index contributed by atoms with van der Waals surface area (Å²) in [5, 5.41) is 0. The van der Waals surface area contributed by atoms with Gasteiger partial charge in [-0.15, -0.1) is 0 Å². The third-order valence-corrected chi connectivity index (χ3v) is 2.66. The predicted molar refractivity (Wildman–Crippen MR) is 53.3 cm³/mol. The van der Waals surface area contributed by atoms with Crippen molar-refractivity contribution < 1.29 is 17.3 Å². The average Bonchev–Trinajstić information content (AvgIpc) is 2.06. The zero-order valence-electron chi connectivity index (χ0n) is 8.47. The largest absolute Gasteiger partial charge is 0.427 e. The maximum absolute atomic E-state index is 10.8. The van der Waals surface area contributed by atoms with Gasteiger partial charge in [0.25, 0.3) is 10.1 Å². The summed E-state index contributed by atoms with van der Waals surface area (Å²) in [6.45, 7) is 1.54. The van der Waals surface area contributed by atoms with Gasteiger partial charge in [0.05, 0.1) is 12.4 Å². The minimum absolute atomic E-state index is 0.175. The smallest absolute Gasteiger partial charge is 0.398 e. The van der Waals surface area contributed by atoms with Crippen molar-refractivity contribution in [2.45, 2.75) is 18.9 Å². The third-order valence-electron chi connectivity index (χ3n) is 2.04. The summed E-state index contributed by atoms with van der Waals surface area (Å²) in [6, 6.07) is 0. The molecule has 1 rings (SSSR count). The van der Waals surface area contributed by atoms with Gasteiger partial charge < -0.3 is 9.47 Å². The molecule has 1 fully saturated rings. The van der Waals surface area contributed by atoms with Gasteiger partial charge in [0, 0.05) is 7.11 Å². The summed E-state index contributed by atoms with van der Waals surface area (Å²) in [4.78, 5) is 2.00. The van der Waals surface area contributed by atoms with Crippen molar-refractivity contribution in [3.63, 3.8) is 0 Å². The number of hydrogen-bond acceptors (Lipinski definition) is 5. The van der Waals surface area contributed by atoms with Crippen molar-refractivity contribution in [3.05, 3.63) is 0 Å². The van der Waals surface area contributed by atoms with Gasteiger partial charge in [0.1, 0.15) is 0 Å². The van der Waals surface area contributed by atoms with E-state index in [-0.39, 0.29) is 6.10 Å². The molecule has 0 aromatic heterocycles. The molecule has 1 radical (unpaired) electrons. The van der Waals surface area contributed by atoms with Crippen molar-refractivity contribution in [1.82, 2.24) is 4.81 Å². The Bertz CT molecular complexity index is 261. The highest BCUT2D eigenvalue weighted by molar-refractivity contribution is 7.86. The molecule has 0 spiro atoms. The van der Waals surface area contributed by atoms with Crippen LogP contribution < -0.4 is 0 Å². The predicted octanol–water partition coefficient (Wildman–Crippen LogP) is -0.392. The van der Waals surface area contributed by atoms with Crippen LogP contribution in [0.2, 0.25) is 0 Å². The summed E-state index contributed by atoms with van der Waals surface area (Å²) in [7, 11) is -0.0677. The molecule has 0 unspecified atom stereocenters. The van der Waals surface area contributed by atoms with Gasteiger partial charge in [-0.1, -0.05) is 0 Å². The van der Waals surface area contributed by atoms with E-state index in [9.17, 15) is 8.42 Å². The Balaban J connectivity index is 2.29. The molecule has 1 aliphatic heterocycles. The van der Waals surface area contributed by atoms with Crippen LogP contribution in [0.5, 0.6) is 0 Å². The topological polar surface area (TPSA) is 55.8 Å². The van der Waals surface area contributed by atoms with E-state index in [2.05, 4.69) is 0 Å². The lowest BCUT2D eigenvalue weighted by atomic mass is 10.0. The summed E-state index contributed by atoms with van der Waals surface area (Å²) in [6.07, 6.45) is 2.34. The lowest BCUT2D eigenvalue weighted by Gasteiger charge is -2.29. The molecule has 0 saturated carbocycles. The summed E-state index contributed by atoms with van der Waals surface area (Å²) in [5.41, 5.74) is 0. The van der Waals surface area contributed by atoms with E-state index >= 15 is 0 Å². The molecule has 81 valence electrons. The van der Waals surface area contributed by atoms with Gasteiger partial charge in [0.2, 0.25) is 0 Å². The second-order valence-corrected chi connectivity index (χ2v) is 4.98. The summed E-state index contributed by atoms with van der Waals surface area (Å²) in [5.74, 6) is 0. The molecule has 0 amide bonds. The minimum Gasteiger partial charge on any atom is -0.427 e. The number of hydrogen-bond donors (Lipinski definition) is 0. The van der Waals surface area contributed by atoms with Crippen LogP contribution in [0.1, 0.15) is 12.8 Å². The standard InChI is InChI=1S/C7H15BNO4S/c1-12-8-9-5-3-7(4-6-9)13-14(2,10)11/h7H,3-6H2,1-2H3. The lowest BCUT2D eigenvalue weighted by Crippen LogP contribution is -2.40. The van der Waals surface area contributed by atoms with Crippen LogP contribution >= 0.6 is 0 Å². The van der Waals surface area contributed by atoms with Crippen LogP contribution in [0, 0.1) is 0 Å². The number of piperidine rings is 1. The maximum atomic E-state index is 10.8. The van der Waals surface area contributed by atoms with Crippen LogP contribution in [0.15, 0.2) is 0 Å². The molecule has 14 heavy (non-hydrogen) atoms. The van der Waals surface area contributed by atoms with Crippen molar-refractivity contribution in [3.8, 4) is 0 Å². The fourth-order valence-electron chi connectivity index (χ4n) is 1.47. The molecule has 0 atom stereocenters. The molecule has 0 aromatic rings. The number of nitrogens with zero attached hydrogens (tertiary/aromatic N) is 1. The Morgan fingerprint density at radius 1 is 1.36 bits per heavy atom. The third kappa shape index (κ3) is 4.41. The van der Waals surface area contributed by atoms with E-state index in [1.807, 2.05) is 4.81 Å². The highest BCUT2D eigenvalue weighted by Gasteiger charge is 2.23. The van der Waals surface area contributed by atoms with E-state index in [4.69, 9.17) is 8.84 Å². The normalized spacial score (nSPS) is 21.0. The number of rotatable bonds is 4. The van der Waals surface area contributed by atoms with Crippen LogP contribution in [0.3, 0.4) is 0 Å². The van der Waals surface area contributed by atoms with Crippen LogP contribution in [-0.2, 0) is 19.0 Å². The first-order valence-electron chi connectivity index (χ1n) is 4.50. The Morgan fingerprint density at radius 3 is 2.36 bits per heavy atom. The van der Waals surface area contributed by atoms with Crippen LogP contribution in [0.4, 0.5) is 0 Å². The van der Waals surface area contributed by atoms with Gasteiger partial charge in [-0.2, -0.15) is 8.42 Å². The zero-order valence-corrected chi connectivity index (χ0v) is 9.29. The molecular formula is C7H15BNO4S. The molecule has 0 bridgehead atoms. The van der Waals surface area contributed by atoms with Gasteiger partial charge in [0.15, 0.2) is 0 Å². The van der Waals surface area contributed by atoms with Crippen molar-refractivity contribution in [1.29, 1.82) is 0 Å². The Hall–Kier alpha value is -0.105. The van der Waals surface area contributed by atoms with E-state index < -0.39 is 10.1 Å². The Labute approximate surface area is 85.8 Å². The summed E-state index contributed by atoms with van der Waals surface area (Å²) < 4.78 is 31.4. The first kappa shape index (κ1) is 12.0. The second-order valence-electron chi connectivity index (χ2n) is 3.38. The van der Waals surface area contributed by atoms with Gasteiger partial charge in [-0.25, -0.2) is 0 Å². The molecule has 1 aliphatic rings. The Morgan fingerprint density at radius 2 is 1.93 bits per heavy atom. The van der Waals surface area contributed by atoms with E-state index in [0.717, 1.165) is 19.3 Å². The lowest BCUT2D eigenvalue weighted by molar-refractivity contribution is 0.136. The summed E-state index contributed by atoms with van der Waals surface area (Å²) >= 11 is 0. The Kier molecular flexibility index (Phi) is 4.37. The second kappa shape index (κ2) is 5.11. The molecule has 1 saturated heterocycles. The molecule has 5 nitrogen and oxygen atoms in total. The fraction of sp³-hybridized carbons (Fsp3) is 1.00. The monoisotopic (exact) mass is 220 g/mol. The van der Waals surface area contributed by atoms with Gasteiger partial charge >= 0.3 is 7.62 Å². The quantitative estimate of drug-likeness (QED) is 0.477. The first-order valence-corrected chi connectivity index (χ1v) is 6.31. The van der Waals surface area contributed by atoms with Crippen molar-refractivity contribution in [2.75, 3.05) is 26.5 Å². The van der Waals surface area contributed by atoms with Crippen molar-refractivity contribution >= 4 is 17.7 Å². The highest BCUT2D eigenvalue weighted by atomic mass is 32.2. The molecule has 1 heterocycles. The SMILES string of the molecule is CO[B]N1CCC(OS(C)(=O)=O)CC1. The van der Waals surface area contributed by atoms with E-state index in [0.29, 0.717) is 12.8 Å². The first-order chi connectivity index (χ1) is 6.51. The average molecular weight is 220 g/mol. The fourth-order valence-corrected chi connectivity index (χ4v) is 2.16. The molecule has 0 aliphatic carbocycles. The highest BCUT2D eigenvalue weighted by Crippen LogP contribution is 2.14. The van der Waals surface area contributed by atoms with E-state index in [1.54, 1.807) is 14.7 Å². The minimum atomic E-state index is -3.31. The molecule has 0 N–H and O–H groups in total. The van der Waals surface area contributed by atoms with Crippen molar-refractivity contribution in [2.24, 2.45) is 0 Å². The maximum Gasteiger partial charge on any atom is 0.398 e. The van der Waals surface area contributed by atoms with Gasteiger partial charge in [-0.05, 0) is 25.9 Å². The van der Waals surface area contributed by atoms with Gasteiger partial charge in [-0.3, -0.25) is 4.18 Å².